The Balaban J connectivity index is 2.04. The molecule has 4 rings (SSSR count). The van der Waals surface area contributed by atoms with E-state index >= 15 is 0 Å². The largest absolute Gasteiger partial charge is 0.497 e. The van der Waals surface area contributed by atoms with Crippen molar-refractivity contribution in [2.45, 2.75) is 0 Å². The summed E-state index contributed by atoms with van der Waals surface area (Å²) in [6, 6.07) is 9.37. The van der Waals surface area contributed by atoms with E-state index in [9.17, 15) is 4.79 Å². The number of nitrogens with one attached hydrogen (secondary N) is 1. The zero-order valence-electron chi connectivity index (χ0n) is 11.0. The minimum absolute atomic E-state index is 0.146. The van der Waals surface area contributed by atoms with Crippen LogP contribution < -0.4 is 10.3 Å². The van der Waals surface area contributed by atoms with Gasteiger partial charge < -0.3 is 4.74 Å². The predicted octanol–water partition coefficient (Wildman–Crippen LogP) is 2.31. The highest BCUT2D eigenvalue weighted by molar-refractivity contribution is 7.16. The average molecular weight is 298 g/mol. The van der Waals surface area contributed by atoms with Crippen molar-refractivity contribution < 1.29 is 4.74 Å². The molecule has 7 heteroatoms. The quantitative estimate of drug-likeness (QED) is 0.616. The number of aromatic amines is 1. The molecule has 0 saturated heterocycles. The summed E-state index contributed by atoms with van der Waals surface area (Å²) < 4.78 is 7.02. The molecule has 0 saturated carbocycles. The zero-order valence-corrected chi connectivity index (χ0v) is 11.8. The van der Waals surface area contributed by atoms with Crippen LogP contribution >= 0.6 is 11.3 Å². The van der Waals surface area contributed by atoms with Gasteiger partial charge in [0.25, 0.3) is 5.56 Å². The monoisotopic (exact) mass is 298 g/mol. The molecule has 3 heterocycles. The van der Waals surface area contributed by atoms with Crippen molar-refractivity contribution in [3.8, 4) is 17.1 Å². The molecule has 1 N–H and O–H groups in total. The molecule has 0 unspecified atom stereocenters. The van der Waals surface area contributed by atoms with Crippen LogP contribution in [0.5, 0.6) is 5.75 Å². The highest BCUT2D eigenvalue weighted by atomic mass is 32.1. The summed E-state index contributed by atoms with van der Waals surface area (Å²) in [5, 5.41) is 10.8. The van der Waals surface area contributed by atoms with E-state index in [0.717, 1.165) is 16.1 Å². The molecule has 0 amide bonds. The van der Waals surface area contributed by atoms with Gasteiger partial charge in [-0.15, -0.1) is 21.5 Å². The van der Waals surface area contributed by atoms with E-state index in [0.29, 0.717) is 17.0 Å². The number of benzene rings is 1. The Bertz CT molecular complexity index is 997. The van der Waals surface area contributed by atoms with E-state index in [-0.39, 0.29) is 5.56 Å². The van der Waals surface area contributed by atoms with E-state index in [4.69, 9.17) is 4.74 Å². The summed E-state index contributed by atoms with van der Waals surface area (Å²) >= 11 is 1.49. The van der Waals surface area contributed by atoms with Gasteiger partial charge in [0.2, 0.25) is 5.78 Å². The lowest BCUT2D eigenvalue weighted by molar-refractivity contribution is 0.415. The molecule has 104 valence electrons. The van der Waals surface area contributed by atoms with Crippen molar-refractivity contribution >= 4 is 27.3 Å². The lowest BCUT2D eigenvalue weighted by Crippen LogP contribution is -2.08. The Morgan fingerprint density at radius 3 is 2.76 bits per heavy atom. The highest BCUT2D eigenvalue weighted by Gasteiger charge is 2.14. The molecule has 6 nitrogen and oxygen atoms in total. The topological polar surface area (TPSA) is 72.3 Å². The minimum Gasteiger partial charge on any atom is -0.497 e. The number of hydrogen-bond acceptors (Lipinski definition) is 5. The predicted molar refractivity (Wildman–Crippen MR) is 81.0 cm³/mol. The van der Waals surface area contributed by atoms with Crippen molar-refractivity contribution in [2.24, 2.45) is 0 Å². The summed E-state index contributed by atoms with van der Waals surface area (Å²) in [4.78, 5) is 15.5. The van der Waals surface area contributed by atoms with Gasteiger partial charge in [-0.05, 0) is 35.7 Å². The molecular formula is C14H10N4O2S. The van der Waals surface area contributed by atoms with Gasteiger partial charge in [0.1, 0.15) is 10.6 Å². The van der Waals surface area contributed by atoms with Crippen molar-refractivity contribution in [2.75, 3.05) is 7.11 Å². The van der Waals surface area contributed by atoms with Gasteiger partial charge in [0, 0.05) is 5.56 Å². The second-order valence-corrected chi connectivity index (χ2v) is 5.40. The Kier molecular flexibility index (Phi) is 2.55. The van der Waals surface area contributed by atoms with Gasteiger partial charge in [-0.25, -0.2) is 0 Å². The fourth-order valence-electron chi connectivity index (χ4n) is 2.30. The van der Waals surface area contributed by atoms with Crippen LogP contribution in [0.3, 0.4) is 0 Å². The lowest BCUT2D eigenvalue weighted by Gasteiger charge is -2.03. The van der Waals surface area contributed by atoms with Crippen LogP contribution in [0, 0.1) is 0 Å². The fraction of sp³-hybridized carbons (Fsp3) is 0.0714. The molecule has 0 fully saturated rings. The van der Waals surface area contributed by atoms with E-state index in [2.05, 4.69) is 15.2 Å². The van der Waals surface area contributed by atoms with E-state index in [1.165, 1.54) is 11.3 Å². The second-order valence-electron chi connectivity index (χ2n) is 4.50. The number of fused-ring (bicyclic) bond motifs is 3. The maximum Gasteiger partial charge on any atom is 0.261 e. The first kappa shape index (κ1) is 12.1. The molecule has 0 spiro atoms. The molecule has 21 heavy (non-hydrogen) atoms. The summed E-state index contributed by atoms with van der Waals surface area (Å²) in [6.45, 7) is 0. The van der Waals surface area contributed by atoms with E-state index in [1.807, 2.05) is 34.0 Å². The molecule has 0 atom stereocenters. The van der Waals surface area contributed by atoms with Gasteiger partial charge in [0.15, 0.2) is 5.82 Å². The molecule has 3 aromatic heterocycles. The van der Waals surface area contributed by atoms with Crippen molar-refractivity contribution in [3.05, 3.63) is 46.1 Å². The zero-order chi connectivity index (χ0) is 14.4. The van der Waals surface area contributed by atoms with Gasteiger partial charge >= 0.3 is 0 Å². The third-order valence-corrected chi connectivity index (χ3v) is 4.23. The molecule has 0 aliphatic rings. The van der Waals surface area contributed by atoms with Crippen LogP contribution in [0.15, 0.2) is 40.5 Å². The van der Waals surface area contributed by atoms with Crippen molar-refractivity contribution in [3.63, 3.8) is 0 Å². The van der Waals surface area contributed by atoms with Crippen LogP contribution in [-0.4, -0.2) is 26.7 Å². The van der Waals surface area contributed by atoms with Crippen molar-refractivity contribution in [1.29, 1.82) is 0 Å². The number of aromatic nitrogens is 4. The number of ether oxygens (including phenoxy) is 1. The third kappa shape index (κ3) is 1.74. The standard InChI is InChI=1S/C14H10N4O2S/c1-20-9-4-2-8(3-5-9)11-16-17-14-15-12(19)10-6-7-21-13(10)18(11)14/h2-7H,1H3,(H,15,17,19). The summed E-state index contributed by atoms with van der Waals surface area (Å²) in [6.07, 6.45) is 0. The van der Waals surface area contributed by atoms with Crippen LogP contribution in [0.25, 0.3) is 27.4 Å². The number of rotatable bonds is 2. The molecule has 4 aromatic rings. The fourth-order valence-corrected chi connectivity index (χ4v) is 3.20. The van der Waals surface area contributed by atoms with Crippen LogP contribution in [0.2, 0.25) is 0 Å². The maximum atomic E-state index is 11.9. The normalized spacial score (nSPS) is 11.3. The Morgan fingerprint density at radius 2 is 2.00 bits per heavy atom. The van der Waals surface area contributed by atoms with Crippen LogP contribution in [0.1, 0.15) is 0 Å². The Labute approximate surface area is 122 Å². The third-order valence-electron chi connectivity index (χ3n) is 3.33. The first-order valence-electron chi connectivity index (χ1n) is 6.27. The van der Waals surface area contributed by atoms with Gasteiger partial charge in [-0.2, -0.15) is 0 Å². The SMILES string of the molecule is COc1ccc(-c2nnc3[nH]c(=O)c4ccsc4n23)cc1. The van der Waals surface area contributed by atoms with Crippen molar-refractivity contribution in [1.82, 2.24) is 19.6 Å². The lowest BCUT2D eigenvalue weighted by atomic mass is 10.2. The molecule has 0 aliphatic heterocycles. The van der Waals surface area contributed by atoms with Gasteiger partial charge in [0.05, 0.1) is 12.5 Å². The molecular weight excluding hydrogens is 288 g/mol. The first-order chi connectivity index (χ1) is 10.3. The molecule has 0 aliphatic carbocycles. The maximum absolute atomic E-state index is 11.9. The first-order valence-corrected chi connectivity index (χ1v) is 7.15. The number of H-pyrrole nitrogens is 1. The number of methoxy groups -OCH3 is 1. The minimum atomic E-state index is -0.146. The number of thiophene rings is 1. The van der Waals surface area contributed by atoms with Gasteiger partial charge in [-0.3, -0.25) is 14.2 Å². The molecule has 0 radical (unpaired) electrons. The molecule has 0 bridgehead atoms. The number of hydrogen-bond donors (Lipinski definition) is 1. The average Bonchev–Trinajstić information content (AvgIpc) is 3.13. The Hall–Kier alpha value is -2.67. The summed E-state index contributed by atoms with van der Waals surface area (Å²) in [7, 11) is 1.63. The van der Waals surface area contributed by atoms with Crippen LogP contribution in [-0.2, 0) is 0 Å². The number of nitrogens with zero attached hydrogens (tertiary/aromatic N) is 3. The second kappa shape index (κ2) is 4.42. The summed E-state index contributed by atoms with van der Waals surface area (Å²) in [5.74, 6) is 1.92. The van der Waals surface area contributed by atoms with Gasteiger partial charge in [-0.1, -0.05) is 0 Å². The Morgan fingerprint density at radius 1 is 1.19 bits per heavy atom. The van der Waals surface area contributed by atoms with Crippen LogP contribution in [0.4, 0.5) is 0 Å². The summed E-state index contributed by atoms with van der Waals surface area (Å²) in [5.41, 5.74) is 0.762. The van der Waals surface area contributed by atoms with E-state index in [1.54, 1.807) is 13.2 Å². The highest BCUT2D eigenvalue weighted by Crippen LogP contribution is 2.25. The smallest absolute Gasteiger partial charge is 0.261 e. The molecule has 1 aromatic carbocycles. The van der Waals surface area contributed by atoms with E-state index < -0.39 is 0 Å².